The van der Waals surface area contributed by atoms with Gasteiger partial charge in [-0.1, -0.05) is 6.92 Å². The highest BCUT2D eigenvalue weighted by atomic mass is 16.5. The largest absolute Gasteiger partial charge is 0.375 e. The number of nitrogens with zero attached hydrogens (tertiary/aromatic N) is 1. The van der Waals surface area contributed by atoms with E-state index in [4.69, 9.17) is 10.5 Å². The molecule has 0 radical (unpaired) electrons. The predicted molar refractivity (Wildman–Crippen MR) is 78.2 cm³/mol. The summed E-state index contributed by atoms with van der Waals surface area (Å²) in [6.07, 6.45) is 11.5. The van der Waals surface area contributed by atoms with Crippen LogP contribution < -0.4 is 5.73 Å². The van der Waals surface area contributed by atoms with Crippen molar-refractivity contribution in [1.82, 2.24) is 4.90 Å². The van der Waals surface area contributed by atoms with Crippen LogP contribution in [0.5, 0.6) is 0 Å². The van der Waals surface area contributed by atoms with E-state index >= 15 is 0 Å². The quantitative estimate of drug-likeness (QED) is 0.853. The molecular weight excluding hydrogens is 236 g/mol. The van der Waals surface area contributed by atoms with Gasteiger partial charge in [0.2, 0.25) is 0 Å². The van der Waals surface area contributed by atoms with Crippen LogP contribution >= 0.6 is 0 Å². The molecule has 1 aliphatic heterocycles. The van der Waals surface area contributed by atoms with Gasteiger partial charge in [-0.25, -0.2) is 0 Å². The Morgan fingerprint density at radius 1 is 1.11 bits per heavy atom. The van der Waals surface area contributed by atoms with Crippen LogP contribution in [0.25, 0.3) is 0 Å². The smallest absolute Gasteiger partial charge is 0.0697 e. The third-order valence-corrected chi connectivity index (χ3v) is 5.78. The van der Waals surface area contributed by atoms with Crippen LogP contribution in [-0.2, 0) is 4.74 Å². The number of hydrogen-bond donors (Lipinski definition) is 1. The van der Waals surface area contributed by atoms with Crippen molar-refractivity contribution in [1.29, 1.82) is 0 Å². The Labute approximate surface area is 117 Å². The fourth-order valence-electron chi connectivity index (χ4n) is 4.45. The van der Waals surface area contributed by atoms with Gasteiger partial charge in [0.25, 0.3) is 0 Å². The van der Waals surface area contributed by atoms with E-state index in [-0.39, 0.29) is 5.60 Å². The molecule has 3 fully saturated rings. The fraction of sp³-hybridized carbons (Fsp3) is 1.00. The number of nitrogens with two attached hydrogens (primary N) is 1. The molecule has 1 saturated heterocycles. The van der Waals surface area contributed by atoms with Crippen molar-refractivity contribution < 1.29 is 4.74 Å². The minimum Gasteiger partial charge on any atom is -0.375 e. The van der Waals surface area contributed by atoms with E-state index in [0.717, 1.165) is 18.7 Å². The SMILES string of the molecule is CCN(C1CCC(N)CC1)C1CCOC2(CCC2)C1. The molecule has 19 heavy (non-hydrogen) atoms. The van der Waals surface area contributed by atoms with E-state index in [2.05, 4.69) is 11.8 Å². The molecular formula is C16H30N2O. The lowest BCUT2D eigenvalue weighted by Gasteiger charge is -2.51. The minimum atomic E-state index is 0.279. The van der Waals surface area contributed by atoms with E-state index in [1.54, 1.807) is 0 Å². The minimum absolute atomic E-state index is 0.279. The summed E-state index contributed by atoms with van der Waals surface area (Å²) in [6, 6.07) is 2.01. The van der Waals surface area contributed by atoms with Crippen LogP contribution in [0.1, 0.15) is 64.7 Å². The van der Waals surface area contributed by atoms with Gasteiger partial charge < -0.3 is 10.5 Å². The van der Waals surface area contributed by atoms with Gasteiger partial charge in [0.15, 0.2) is 0 Å². The fourth-order valence-corrected chi connectivity index (χ4v) is 4.45. The van der Waals surface area contributed by atoms with Gasteiger partial charge in [-0.2, -0.15) is 0 Å². The number of ether oxygens (including phenoxy) is 1. The highest BCUT2D eigenvalue weighted by molar-refractivity contribution is 4.98. The van der Waals surface area contributed by atoms with Crippen LogP contribution in [-0.4, -0.2) is 41.8 Å². The molecule has 0 bridgehead atoms. The molecule has 0 amide bonds. The first-order chi connectivity index (χ1) is 9.22. The third-order valence-electron chi connectivity index (χ3n) is 5.78. The van der Waals surface area contributed by atoms with Crippen molar-refractivity contribution in [2.24, 2.45) is 5.73 Å². The normalized spacial score (nSPS) is 38.4. The highest BCUT2D eigenvalue weighted by Crippen LogP contribution is 2.44. The summed E-state index contributed by atoms with van der Waals surface area (Å²) in [5.41, 5.74) is 6.33. The van der Waals surface area contributed by atoms with E-state index in [1.165, 1.54) is 64.3 Å². The average Bonchev–Trinajstić information content (AvgIpc) is 2.40. The molecule has 2 N–H and O–H groups in total. The second kappa shape index (κ2) is 5.71. The molecule has 0 aromatic carbocycles. The zero-order valence-electron chi connectivity index (χ0n) is 12.4. The molecule has 0 aromatic heterocycles. The summed E-state index contributed by atoms with van der Waals surface area (Å²) in [6.45, 7) is 4.51. The number of rotatable bonds is 3. The monoisotopic (exact) mass is 266 g/mol. The molecule has 3 aliphatic rings. The Morgan fingerprint density at radius 3 is 2.42 bits per heavy atom. The molecule has 1 atom stereocenters. The van der Waals surface area contributed by atoms with Crippen LogP contribution in [0.4, 0.5) is 0 Å². The van der Waals surface area contributed by atoms with Crippen LogP contribution in [0, 0.1) is 0 Å². The van der Waals surface area contributed by atoms with Crippen molar-refractivity contribution in [3.63, 3.8) is 0 Å². The molecule has 3 heteroatoms. The predicted octanol–water partition coefficient (Wildman–Crippen LogP) is 2.68. The molecule has 0 aromatic rings. The van der Waals surface area contributed by atoms with Crippen molar-refractivity contribution in [2.75, 3.05) is 13.2 Å². The van der Waals surface area contributed by atoms with Gasteiger partial charge in [0.05, 0.1) is 5.60 Å². The van der Waals surface area contributed by atoms with Gasteiger partial charge in [-0.3, -0.25) is 4.90 Å². The Bertz CT molecular complexity index is 295. The van der Waals surface area contributed by atoms with E-state index in [9.17, 15) is 0 Å². The third kappa shape index (κ3) is 2.84. The summed E-state index contributed by atoms with van der Waals surface area (Å²) < 4.78 is 6.08. The van der Waals surface area contributed by atoms with Gasteiger partial charge in [-0.05, 0) is 64.3 Å². The second-order valence-electron chi connectivity index (χ2n) is 6.93. The molecule has 3 nitrogen and oxygen atoms in total. The standard InChI is InChI=1S/C16H30N2O/c1-2-18(14-6-4-13(17)5-7-14)15-8-11-19-16(12-15)9-3-10-16/h13-15H,2-12,17H2,1H3. The highest BCUT2D eigenvalue weighted by Gasteiger charge is 2.44. The van der Waals surface area contributed by atoms with Crippen molar-refractivity contribution >= 4 is 0 Å². The topological polar surface area (TPSA) is 38.5 Å². The Hall–Kier alpha value is -0.120. The summed E-state index contributed by atoms with van der Waals surface area (Å²) in [4.78, 5) is 2.79. The lowest BCUT2D eigenvalue weighted by Crippen LogP contribution is -2.55. The van der Waals surface area contributed by atoms with Gasteiger partial charge in [0, 0.05) is 24.7 Å². The first-order valence-corrected chi connectivity index (χ1v) is 8.38. The summed E-state index contributed by atoms with van der Waals surface area (Å²) in [5.74, 6) is 0. The van der Waals surface area contributed by atoms with Gasteiger partial charge in [-0.15, -0.1) is 0 Å². The zero-order valence-corrected chi connectivity index (χ0v) is 12.4. The molecule has 2 aliphatic carbocycles. The Kier molecular flexibility index (Phi) is 4.16. The van der Waals surface area contributed by atoms with Crippen molar-refractivity contribution in [2.45, 2.75) is 88.4 Å². The number of hydrogen-bond acceptors (Lipinski definition) is 3. The molecule has 110 valence electrons. The maximum atomic E-state index is 6.08. The van der Waals surface area contributed by atoms with Crippen LogP contribution in [0.3, 0.4) is 0 Å². The van der Waals surface area contributed by atoms with Gasteiger partial charge >= 0.3 is 0 Å². The zero-order chi connectivity index (χ0) is 13.3. The first kappa shape index (κ1) is 13.8. The average molecular weight is 266 g/mol. The summed E-state index contributed by atoms with van der Waals surface area (Å²) in [5, 5.41) is 0. The van der Waals surface area contributed by atoms with E-state index < -0.39 is 0 Å². The molecule has 1 heterocycles. The lowest BCUT2D eigenvalue weighted by atomic mass is 9.73. The maximum Gasteiger partial charge on any atom is 0.0697 e. The first-order valence-electron chi connectivity index (χ1n) is 8.38. The van der Waals surface area contributed by atoms with E-state index in [1.807, 2.05) is 0 Å². The van der Waals surface area contributed by atoms with Crippen LogP contribution in [0.15, 0.2) is 0 Å². The Balaban J connectivity index is 1.61. The molecule has 3 rings (SSSR count). The lowest BCUT2D eigenvalue weighted by molar-refractivity contribution is -0.152. The summed E-state index contributed by atoms with van der Waals surface area (Å²) >= 11 is 0. The Morgan fingerprint density at radius 2 is 1.84 bits per heavy atom. The van der Waals surface area contributed by atoms with E-state index in [0.29, 0.717) is 6.04 Å². The van der Waals surface area contributed by atoms with Crippen molar-refractivity contribution in [3.05, 3.63) is 0 Å². The molecule has 1 spiro atoms. The second-order valence-corrected chi connectivity index (χ2v) is 6.93. The van der Waals surface area contributed by atoms with Gasteiger partial charge in [0.1, 0.15) is 0 Å². The molecule has 2 saturated carbocycles. The molecule has 1 unspecified atom stereocenters. The van der Waals surface area contributed by atoms with Crippen LogP contribution in [0.2, 0.25) is 0 Å². The summed E-state index contributed by atoms with van der Waals surface area (Å²) in [7, 11) is 0. The van der Waals surface area contributed by atoms with Crippen molar-refractivity contribution in [3.8, 4) is 0 Å². The maximum absolute atomic E-state index is 6.08.